The minimum atomic E-state index is -2.83. The second-order valence-corrected chi connectivity index (χ2v) is 7.09. The first-order valence-corrected chi connectivity index (χ1v) is 7.71. The lowest BCUT2D eigenvalue weighted by molar-refractivity contribution is 0.472. The van der Waals surface area contributed by atoms with Crippen molar-refractivity contribution in [1.29, 1.82) is 0 Å². The molecule has 1 saturated heterocycles. The first kappa shape index (κ1) is 11.5. The molecule has 3 rings (SSSR count). The molecule has 1 unspecified atom stereocenters. The predicted octanol–water partition coefficient (Wildman–Crippen LogP) is 1.02. The molecule has 0 spiro atoms. The summed E-state index contributed by atoms with van der Waals surface area (Å²) in [6.45, 7) is 0. The highest BCUT2D eigenvalue weighted by Gasteiger charge is 2.28. The van der Waals surface area contributed by atoms with E-state index in [0.29, 0.717) is 12.2 Å². The van der Waals surface area contributed by atoms with Crippen LogP contribution in [0.5, 0.6) is 5.75 Å². The highest BCUT2D eigenvalue weighted by molar-refractivity contribution is 7.91. The number of fused-ring (bicyclic) bond motifs is 1. The Hall–Kier alpha value is -1.56. The molecule has 0 radical (unpaired) electrons. The van der Waals surface area contributed by atoms with E-state index in [1.165, 1.54) is 0 Å². The zero-order chi connectivity index (χ0) is 12.8. The molecule has 1 atom stereocenters. The van der Waals surface area contributed by atoms with E-state index in [-0.39, 0.29) is 17.4 Å². The normalized spacial score (nSPS) is 22.6. The number of nitrogens with zero attached hydrogens (tertiary/aromatic N) is 2. The first-order chi connectivity index (χ1) is 8.52. The van der Waals surface area contributed by atoms with Gasteiger partial charge in [0.15, 0.2) is 9.84 Å². The highest BCUT2D eigenvalue weighted by Crippen LogP contribution is 2.22. The van der Waals surface area contributed by atoms with Gasteiger partial charge < -0.3 is 9.51 Å². The van der Waals surface area contributed by atoms with E-state index >= 15 is 0 Å². The fourth-order valence-electron chi connectivity index (χ4n) is 2.46. The molecule has 96 valence electrons. The van der Waals surface area contributed by atoms with Crippen LogP contribution in [0.2, 0.25) is 0 Å². The van der Waals surface area contributed by atoms with Crippen LogP contribution in [0.1, 0.15) is 12.1 Å². The van der Waals surface area contributed by atoms with Crippen LogP contribution in [-0.4, -0.2) is 34.4 Å². The van der Waals surface area contributed by atoms with Crippen molar-refractivity contribution in [3.63, 3.8) is 0 Å². The third kappa shape index (κ3) is 2.20. The van der Waals surface area contributed by atoms with Gasteiger partial charge in [0, 0.05) is 6.20 Å². The van der Waals surface area contributed by atoms with Crippen LogP contribution in [0.25, 0.3) is 5.65 Å². The van der Waals surface area contributed by atoms with Gasteiger partial charge >= 0.3 is 0 Å². The average molecular weight is 266 g/mol. The zero-order valence-electron chi connectivity index (χ0n) is 9.78. The maximum Gasteiger partial charge on any atom is 0.150 e. The lowest BCUT2D eigenvalue weighted by atomic mass is 10.0. The molecule has 2 aromatic heterocycles. The van der Waals surface area contributed by atoms with Crippen LogP contribution in [0, 0.1) is 5.92 Å². The third-order valence-corrected chi connectivity index (χ3v) is 5.15. The SMILES string of the molecule is O=S1(=O)CCC(Cc2cn3cc(O)ccc3n2)C1. The number of aromatic hydroxyl groups is 1. The molecule has 0 bridgehead atoms. The molecule has 1 aliphatic heterocycles. The second-order valence-electron chi connectivity index (χ2n) is 4.86. The summed E-state index contributed by atoms with van der Waals surface area (Å²) in [5, 5.41) is 9.36. The predicted molar refractivity (Wildman–Crippen MR) is 67.3 cm³/mol. The van der Waals surface area contributed by atoms with E-state index in [1.54, 1.807) is 22.7 Å². The van der Waals surface area contributed by atoms with E-state index in [1.807, 2.05) is 6.20 Å². The highest BCUT2D eigenvalue weighted by atomic mass is 32.2. The summed E-state index contributed by atoms with van der Waals surface area (Å²) >= 11 is 0. The Balaban J connectivity index is 1.83. The van der Waals surface area contributed by atoms with E-state index < -0.39 is 9.84 Å². The first-order valence-electron chi connectivity index (χ1n) is 5.89. The summed E-state index contributed by atoms with van der Waals surface area (Å²) in [6.07, 6.45) is 4.85. The Morgan fingerprint density at radius 3 is 2.94 bits per heavy atom. The van der Waals surface area contributed by atoms with Gasteiger partial charge in [0.25, 0.3) is 0 Å². The lowest BCUT2D eigenvalue weighted by Crippen LogP contribution is -2.07. The Labute approximate surface area is 105 Å². The Bertz CT molecular complexity index is 690. The fourth-order valence-corrected chi connectivity index (χ4v) is 4.32. The van der Waals surface area contributed by atoms with Crippen molar-refractivity contribution in [2.75, 3.05) is 11.5 Å². The molecule has 5 nitrogen and oxygen atoms in total. The molecule has 1 N–H and O–H groups in total. The number of sulfone groups is 1. The Morgan fingerprint density at radius 2 is 2.22 bits per heavy atom. The zero-order valence-corrected chi connectivity index (χ0v) is 10.6. The van der Waals surface area contributed by atoms with Crippen molar-refractivity contribution in [3.05, 3.63) is 30.2 Å². The molecular formula is C12H14N2O3S. The maximum atomic E-state index is 11.4. The largest absolute Gasteiger partial charge is 0.506 e. The molecule has 6 heteroatoms. The van der Waals surface area contributed by atoms with E-state index in [0.717, 1.165) is 17.8 Å². The minimum Gasteiger partial charge on any atom is -0.506 e. The van der Waals surface area contributed by atoms with Gasteiger partial charge in [0.1, 0.15) is 11.4 Å². The number of imidazole rings is 1. The Morgan fingerprint density at radius 1 is 1.39 bits per heavy atom. The summed E-state index contributed by atoms with van der Waals surface area (Å²) in [5.74, 6) is 0.932. The van der Waals surface area contributed by atoms with Crippen molar-refractivity contribution in [2.24, 2.45) is 5.92 Å². The topological polar surface area (TPSA) is 71.7 Å². The smallest absolute Gasteiger partial charge is 0.150 e. The maximum absolute atomic E-state index is 11.4. The minimum absolute atomic E-state index is 0.175. The molecular weight excluding hydrogens is 252 g/mol. The number of aromatic nitrogens is 2. The van der Waals surface area contributed by atoms with Gasteiger partial charge in [-0.15, -0.1) is 0 Å². The van der Waals surface area contributed by atoms with Gasteiger partial charge in [0.2, 0.25) is 0 Å². The molecule has 3 heterocycles. The van der Waals surface area contributed by atoms with Crippen LogP contribution in [0.15, 0.2) is 24.5 Å². The van der Waals surface area contributed by atoms with Crippen LogP contribution in [0.4, 0.5) is 0 Å². The van der Waals surface area contributed by atoms with Crippen molar-refractivity contribution in [2.45, 2.75) is 12.8 Å². The molecule has 0 saturated carbocycles. The van der Waals surface area contributed by atoms with Gasteiger partial charge in [0.05, 0.1) is 23.4 Å². The summed E-state index contributed by atoms with van der Waals surface area (Å²) in [4.78, 5) is 4.42. The monoisotopic (exact) mass is 266 g/mol. The van der Waals surface area contributed by atoms with Gasteiger partial charge in [-0.3, -0.25) is 0 Å². The lowest BCUT2D eigenvalue weighted by Gasteiger charge is -2.03. The molecule has 2 aromatic rings. The molecule has 1 aliphatic rings. The van der Waals surface area contributed by atoms with Crippen molar-refractivity contribution in [3.8, 4) is 5.75 Å². The van der Waals surface area contributed by atoms with E-state index in [9.17, 15) is 13.5 Å². The molecule has 0 amide bonds. The quantitative estimate of drug-likeness (QED) is 0.880. The van der Waals surface area contributed by atoms with Gasteiger partial charge in [-0.1, -0.05) is 0 Å². The van der Waals surface area contributed by atoms with Gasteiger partial charge in [-0.2, -0.15) is 0 Å². The van der Waals surface area contributed by atoms with Crippen molar-refractivity contribution in [1.82, 2.24) is 9.38 Å². The van der Waals surface area contributed by atoms with E-state index in [4.69, 9.17) is 0 Å². The summed E-state index contributed by atoms with van der Waals surface area (Å²) in [6, 6.07) is 3.33. The van der Waals surface area contributed by atoms with E-state index in [2.05, 4.69) is 4.98 Å². The van der Waals surface area contributed by atoms with Gasteiger partial charge in [-0.25, -0.2) is 13.4 Å². The summed E-state index contributed by atoms with van der Waals surface area (Å²) in [5.41, 5.74) is 1.64. The van der Waals surface area contributed by atoms with Gasteiger partial charge in [-0.05, 0) is 30.9 Å². The number of rotatable bonds is 2. The van der Waals surface area contributed by atoms with Crippen LogP contribution < -0.4 is 0 Å². The van der Waals surface area contributed by atoms with Crippen LogP contribution >= 0.6 is 0 Å². The second kappa shape index (κ2) is 3.98. The molecule has 0 aliphatic carbocycles. The standard InChI is InChI=1S/C12H14N2O3S/c15-11-1-2-12-13-10(6-14(12)7-11)5-9-3-4-18(16,17)8-9/h1-2,6-7,9,15H,3-5,8H2. The number of pyridine rings is 1. The van der Waals surface area contributed by atoms with Crippen LogP contribution in [-0.2, 0) is 16.3 Å². The Kier molecular flexibility index (Phi) is 2.55. The number of hydrogen-bond donors (Lipinski definition) is 1. The van der Waals surface area contributed by atoms with Crippen LogP contribution in [0.3, 0.4) is 0 Å². The molecule has 1 fully saturated rings. The molecule has 18 heavy (non-hydrogen) atoms. The summed E-state index contributed by atoms with van der Waals surface area (Å²) < 4.78 is 24.5. The van der Waals surface area contributed by atoms with Crippen molar-refractivity contribution < 1.29 is 13.5 Å². The number of hydrogen-bond acceptors (Lipinski definition) is 4. The fraction of sp³-hybridized carbons (Fsp3) is 0.417. The summed E-state index contributed by atoms with van der Waals surface area (Å²) in [7, 11) is -2.83. The van der Waals surface area contributed by atoms with Crippen molar-refractivity contribution >= 4 is 15.5 Å². The average Bonchev–Trinajstić information content (AvgIpc) is 2.81. The molecule has 0 aromatic carbocycles. The third-order valence-electron chi connectivity index (χ3n) is 3.31.